The van der Waals surface area contributed by atoms with Crippen LogP contribution in [0.3, 0.4) is 0 Å². The Morgan fingerprint density at radius 1 is 1.29 bits per heavy atom. The number of sulfonamides is 1. The first kappa shape index (κ1) is 17.2. The standard InChI is InChI=1S/C14H16F3N3O3S/c1-19-6-4-9-7-20(8-10(9)13(19)21)24(22,23)11-3-2-5-18-12(11)14(15,16)17/h2-3,5,9-10H,4,6-8H2,1H3/t9-,10+/m1/s1. The number of carbonyl (C=O) groups is 1. The van der Waals surface area contributed by atoms with E-state index in [-0.39, 0.29) is 24.9 Å². The summed E-state index contributed by atoms with van der Waals surface area (Å²) in [6.45, 7) is 0.482. The molecule has 132 valence electrons. The van der Waals surface area contributed by atoms with Crippen LogP contribution in [0.1, 0.15) is 12.1 Å². The summed E-state index contributed by atoms with van der Waals surface area (Å²) in [6, 6.07) is 2.06. The van der Waals surface area contributed by atoms with Crippen molar-refractivity contribution < 1.29 is 26.4 Å². The lowest BCUT2D eigenvalue weighted by Gasteiger charge is -2.30. The predicted molar refractivity (Wildman–Crippen MR) is 77.2 cm³/mol. The lowest BCUT2D eigenvalue weighted by molar-refractivity contribution is -0.143. The second-order valence-corrected chi connectivity index (χ2v) is 7.99. The number of hydrogen-bond acceptors (Lipinski definition) is 4. The van der Waals surface area contributed by atoms with Crippen LogP contribution in [0.25, 0.3) is 0 Å². The Kier molecular flexibility index (Phi) is 4.07. The van der Waals surface area contributed by atoms with E-state index in [0.717, 1.165) is 22.6 Å². The van der Waals surface area contributed by atoms with E-state index in [1.165, 1.54) is 4.90 Å². The van der Waals surface area contributed by atoms with Crippen LogP contribution >= 0.6 is 0 Å². The molecule has 0 aromatic carbocycles. The monoisotopic (exact) mass is 363 g/mol. The third kappa shape index (κ3) is 2.77. The van der Waals surface area contributed by atoms with Crippen LogP contribution in [0.4, 0.5) is 13.2 Å². The first-order chi connectivity index (χ1) is 11.1. The molecule has 1 aromatic heterocycles. The Labute approximate surface area is 137 Å². The Hall–Kier alpha value is -1.68. The van der Waals surface area contributed by atoms with Gasteiger partial charge in [0.15, 0.2) is 5.69 Å². The molecule has 0 N–H and O–H groups in total. The number of halogens is 3. The summed E-state index contributed by atoms with van der Waals surface area (Å²) >= 11 is 0. The number of nitrogens with zero attached hydrogens (tertiary/aromatic N) is 3. The molecule has 24 heavy (non-hydrogen) atoms. The van der Waals surface area contributed by atoms with E-state index in [2.05, 4.69) is 4.98 Å². The average Bonchev–Trinajstić information content (AvgIpc) is 2.96. The van der Waals surface area contributed by atoms with Crippen LogP contribution in [-0.2, 0) is 21.0 Å². The molecule has 2 atom stereocenters. The molecule has 2 saturated heterocycles. The normalized spacial score (nSPS) is 25.8. The molecule has 2 fully saturated rings. The number of carbonyl (C=O) groups excluding carboxylic acids is 1. The van der Waals surface area contributed by atoms with Gasteiger partial charge in [-0.2, -0.15) is 17.5 Å². The number of amides is 1. The minimum absolute atomic E-state index is 0.0543. The smallest absolute Gasteiger partial charge is 0.345 e. The van der Waals surface area contributed by atoms with Gasteiger partial charge in [-0.1, -0.05) is 0 Å². The average molecular weight is 363 g/mol. The van der Waals surface area contributed by atoms with E-state index in [0.29, 0.717) is 13.0 Å². The van der Waals surface area contributed by atoms with E-state index in [9.17, 15) is 26.4 Å². The second-order valence-electron chi connectivity index (χ2n) is 6.08. The lowest BCUT2D eigenvalue weighted by Crippen LogP contribution is -2.42. The Morgan fingerprint density at radius 2 is 2.00 bits per heavy atom. The minimum Gasteiger partial charge on any atom is -0.345 e. The van der Waals surface area contributed by atoms with Crippen molar-refractivity contribution in [1.82, 2.24) is 14.2 Å². The zero-order valence-electron chi connectivity index (χ0n) is 12.8. The number of rotatable bonds is 2. The molecule has 0 spiro atoms. The molecular weight excluding hydrogens is 347 g/mol. The van der Waals surface area contributed by atoms with E-state index in [1.807, 2.05) is 0 Å². The zero-order valence-corrected chi connectivity index (χ0v) is 13.6. The van der Waals surface area contributed by atoms with Crippen molar-refractivity contribution in [2.75, 3.05) is 26.7 Å². The molecule has 0 radical (unpaired) electrons. The molecule has 3 heterocycles. The van der Waals surface area contributed by atoms with Crippen LogP contribution in [0, 0.1) is 11.8 Å². The maximum atomic E-state index is 13.1. The highest BCUT2D eigenvalue weighted by Crippen LogP contribution is 2.38. The van der Waals surface area contributed by atoms with Crippen LogP contribution in [0.15, 0.2) is 23.2 Å². The first-order valence-corrected chi connectivity index (χ1v) is 8.83. The summed E-state index contributed by atoms with van der Waals surface area (Å²) in [5.74, 6) is -0.815. The van der Waals surface area contributed by atoms with E-state index >= 15 is 0 Å². The molecule has 1 aromatic rings. The van der Waals surface area contributed by atoms with Gasteiger partial charge < -0.3 is 4.90 Å². The summed E-state index contributed by atoms with van der Waals surface area (Å²) in [7, 11) is -2.73. The molecular formula is C14H16F3N3O3S. The summed E-state index contributed by atoms with van der Waals surface area (Å²) < 4.78 is 65.6. The zero-order chi connectivity index (χ0) is 17.7. The molecule has 0 aliphatic carbocycles. The van der Waals surface area contributed by atoms with Crippen molar-refractivity contribution in [3.05, 3.63) is 24.0 Å². The fraction of sp³-hybridized carbons (Fsp3) is 0.571. The minimum atomic E-state index is -4.87. The van der Waals surface area contributed by atoms with Crippen molar-refractivity contribution in [2.45, 2.75) is 17.5 Å². The largest absolute Gasteiger partial charge is 0.434 e. The van der Waals surface area contributed by atoms with E-state index in [4.69, 9.17) is 0 Å². The van der Waals surface area contributed by atoms with Crippen molar-refractivity contribution in [2.24, 2.45) is 11.8 Å². The topological polar surface area (TPSA) is 70.6 Å². The van der Waals surface area contributed by atoms with Gasteiger partial charge in [0.2, 0.25) is 15.9 Å². The summed E-state index contributed by atoms with van der Waals surface area (Å²) in [4.78, 5) is 16.0. The van der Waals surface area contributed by atoms with Crippen molar-refractivity contribution in [3.8, 4) is 0 Å². The van der Waals surface area contributed by atoms with Gasteiger partial charge in [-0.25, -0.2) is 8.42 Å². The van der Waals surface area contributed by atoms with Gasteiger partial charge in [0, 0.05) is 32.9 Å². The number of alkyl halides is 3. The number of likely N-dealkylation sites (tertiary alicyclic amines) is 1. The predicted octanol–water partition coefficient (Wildman–Crippen LogP) is 1.20. The quantitative estimate of drug-likeness (QED) is 0.792. The van der Waals surface area contributed by atoms with Crippen LogP contribution in [-0.4, -0.2) is 55.2 Å². The number of pyridine rings is 1. The van der Waals surface area contributed by atoms with E-state index < -0.39 is 32.7 Å². The number of hydrogen-bond donors (Lipinski definition) is 0. The molecule has 0 saturated carbocycles. The van der Waals surface area contributed by atoms with Gasteiger partial charge in [-0.3, -0.25) is 9.78 Å². The highest BCUT2D eigenvalue weighted by atomic mass is 32.2. The Bertz CT molecular complexity index is 766. The number of piperidine rings is 1. The number of aromatic nitrogens is 1. The van der Waals surface area contributed by atoms with Gasteiger partial charge in [-0.15, -0.1) is 0 Å². The van der Waals surface area contributed by atoms with Crippen LogP contribution < -0.4 is 0 Å². The van der Waals surface area contributed by atoms with Gasteiger partial charge in [0.1, 0.15) is 4.90 Å². The highest BCUT2D eigenvalue weighted by molar-refractivity contribution is 7.89. The van der Waals surface area contributed by atoms with Crippen molar-refractivity contribution in [1.29, 1.82) is 0 Å². The molecule has 10 heteroatoms. The Balaban J connectivity index is 1.95. The molecule has 0 unspecified atom stereocenters. The molecule has 2 aliphatic heterocycles. The SMILES string of the molecule is CN1CC[C@@H]2CN(S(=O)(=O)c3cccnc3C(F)(F)F)C[C@@H]2C1=O. The van der Waals surface area contributed by atoms with Gasteiger partial charge >= 0.3 is 6.18 Å². The lowest BCUT2D eigenvalue weighted by atomic mass is 9.88. The summed E-state index contributed by atoms with van der Waals surface area (Å²) in [5.41, 5.74) is -1.43. The molecule has 0 bridgehead atoms. The second kappa shape index (κ2) is 5.69. The molecule has 3 rings (SSSR count). The third-order valence-corrected chi connectivity index (χ3v) is 6.46. The molecule has 6 nitrogen and oxygen atoms in total. The van der Waals surface area contributed by atoms with Crippen LogP contribution in [0.5, 0.6) is 0 Å². The maximum absolute atomic E-state index is 13.1. The third-order valence-electron chi connectivity index (χ3n) is 4.59. The van der Waals surface area contributed by atoms with Gasteiger partial charge in [0.25, 0.3) is 0 Å². The van der Waals surface area contributed by atoms with Crippen molar-refractivity contribution in [3.63, 3.8) is 0 Å². The Morgan fingerprint density at radius 3 is 2.67 bits per heavy atom. The fourth-order valence-corrected chi connectivity index (χ4v) is 4.99. The summed E-state index contributed by atoms with van der Waals surface area (Å²) in [6.07, 6.45) is -3.33. The molecule has 2 aliphatic rings. The summed E-state index contributed by atoms with van der Waals surface area (Å²) in [5, 5.41) is 0. The molecule has 1 amide bonds. The van der Waals surface area contributed by atoms with E-state index in [1.54, 1.807) is 7.05 Å². The van der Waals surface area contributed by atoms with Crippen LogP contribution in [0.2, 0.25) is 0 Å². The number of fused-ring (bicyclic) bond motifs is 1. The van der Waals surface area contributed by atoms with Gasteiger partial charge in [-0.05, 0) is 24.5 Å². The van der Waals surface area contributed by atoms with Gasteiger partial charge in [0.05, 0.1) is 5.92 Å². The first-order valence-electron chi connectivity index (χ1n) is 7.39. The highest BCUT2D eigenvalue weighted by Gasteiger charge is 2.48. The maximum Gasteiger partial charge on any atom is 0.434 e. The van der Waals surface area contributed by atoms with Crippen molar-refractivity contribution >= 4 is 15.9 Å². The fourth-order valence-electron chi connectivity index (χ4n) is 3.30.